The fourth-order valence-electron chi connectivity index (χ4n) is 2.50. The standard InChI is InChI=1S/C13H20N2O5/c1-9(13(18)19)11(16)14-4-6-15(7-5-14)12(17)10-3-2-8-20-10/h9-10H,2-8H2,1H3,(H,18,19). The van der Waals surface area contributed by atoms with Crippen LogP contribution in [0.25, 0.3) is 0 Å². The van der Waals surface area contributed by atoms with E-state index in [1.165, 1.54) is 11.8 Å². The normalized spacial score (nSPS) is 24.6. The SMILES string of the molecule is CC(C(=O)O)C(=O)N1CCN(C(=O)C2CCCO2)CC1. The minimum Gasteiger partial charge on any atom is -0.481 e. The molecule has 0 aliphatic carbocycles. The molecule has 7 heteroatoms. The minimum absolute atomic E-state index is 0.0131. The Kier molecular flexibility index (Phi) is 4.59. The van der Waals surface area contributed by atoms with Gasteiger partial charge in [-0.3, -0.25) is 14.4 Å². The van der Waals surface area contributed by atoms with Gasteiger partial charge in [-0.25, -0.2) is 0 Å². The Balaban J connectivity index is 1.84. The molecule has 0 bridgehead atoms. The lowest BCUT2D eigenvalue weighted by atomic mass is 10.1. The molecular formula is C13H20N2O5. The second kappa shape index (κ2) is 6.21. The van der Waals surface area contributed by atoms with Crippen molar-refractivity contribution < 1.29 is 24.2 Å². The van der Waals surface area contributed by atoms with Crippen molar-refractivity contribution in [3.63, 3.8) is 0 Å². The van der Waals surface area contributed by atoms with Crippen molar-refractivity contribution in [2.45, 2.75) is 25.9 Å². The number of hydrogen-bond donors (Lipinski definition) is 1. The minimum atomic E-state index is -1.12. The second-order valence-corrected chi connectivity index (χ2v) is 5.21. The van der Waals surface area contributed by atoms with Crippen LogP contribution in [0.5, 0.6) is 0 Å². The van der Waals surface area contributed by atoms with E-state index in [2.05, 4.69) is 0 Å². The number of aliphatic carboxylic acids is 1. The fraction of sp³-hybridized carbons (Fsp3) is 0.769. The number of carboxylic acid groups (broad SMARTS) is 1. The van der Waals surface area contributed by atoms with Crippen LogP contribution in [0.1, 0.15) is 19.8 Å². The van der Waals surface area contributed by atoms with E-state index in [9.17, 15) is 14.4 Å². The molecule has 112 valence electrons. The number of carbonyl (C=O) groups excluding carboxylic acids is 2. The summed E-state index contributed by atoms with van der Waals surface area (Å²) in [6, 6.07) is 0. The van der Waals surface area contributed by atoms with Crippen molar-refractivity contribution >= 4 is 17.8 Å². The molecule has 0 radical (unpaired) electrons. The predicted octanol–water partition coefficient (Wildman–Crippen LogP) is -0.443. The molecule has 2 fully saturated rings. The van der Waals surface area contributed by atoms with Crippen LogP contribution in [0, 0.1) is 5.92 Å². The van der Waals surface area contributed by atoms with Crippen LogP contribution in [0.3, 0.4) is 0 Å². The Morgan fingerprint density at radius 2 is 1.75 bits per heavy atom. The molecule has 0 aromatic rings. The summed E-state index contributed by atoms with van der Waals surface area (Å²) < 4.78 is 5.36. The lowest BCUT2D eigenvalue weighted by molar-refractivity contribution is -0.153. The smallest absolute Gasteiger partial charge is 0.315 e. The summed E-state index contributed by atoms with van der Waals surface area (Å²) in [5.74, 6) is -2.55. The number of nitrogens with zero attached hydrogens (tertiary/aromatic N) is 2. The van der Waals surface area contributed by atoms with Crippen LogP contribution in [0.4, 0.5) is 0 Å². The van der Waals surface area contributed by atoms with Crippen LogP contribution >= 0.6 is 0 Å². The molecule has 0 aromatic carbocycles. The van der Waals surface area contributed by atoms with Gasteiger partial charge >= 0.3 is 5.97 Å². The third kappa shape index (κ3) is 3.09. The van der Waals surface area contributed by atoms with Gasteiger partial charge in [0.25, 0.3) is 5.91 Å². The number of rotatable bonds is 3. The van der Waals surface area contributed by atoms with E-state index in [0.717, 1.165) is 12.8 Å². The molecule has 0 spiro atoms. The summed E-state index contributed by atoms with van der Waals surface area (Å²) in [5.41, 5.74) is 0. The van der Waals surface area contributed by atoms with Gasteiger partial charge in [0.05, 0.1) is 0 Å². The monoisotopic (exact) mass is 284 g/mol. The fourth-order valence-corrected chi connectivity index (χ4v) is 2.50. The van der Waals surface area contributed by atoms with E-state index in [4.69, 9.17) is 9.84 Å². The van der Waals surface area contributed by atoms with Crippen molar-refractivity contribution in [3.8, 4) is 0 Å². The Morgan fingerprint density at radius 1 is 1.15 bits per heavy atom. The molecular weight excluding hydrogens is 264 g/mol. The highest BCUT2D eigenvalue weighted by atomic mass is 16.5. The van der Waals surface area contributed by atoms with Gasteiger partial charge in [-0.05, 0) is 19.8 Å². The van der Waals surface area contributed by atoms with Crippen molar-refractivity contribution in [1.82, 2.24) is 9.80 Å². The molecule has 2 unspecified atom stereocenters. The number of ether oxygens (including phenoxy) is 1. The lowest BCUT2D eigenvalue weighted by Gasteiger charge is -2.36. The van der Waals surface area contributed by atoms with E-state index < -0.39 is 11.9 Å². The van der Waals surface area contributed by atoms with Crippen molar-refractivity contribution in [2.24, 2.45) is 5.92 Å². The molecule has 7 nitrogen and oxygen atoms in total. The van der Waals surface area contributed by atoms with Crippen LogP contribution in [0.2, 0.25) is 0 Å². The molecule has 2 amide bonds. The number of piperazine rings is 1. The van der Waals surface area contributed by atoms with Gasteiger partial charge in [0.15, 0.2) is 0 Å². The number of amides is 2. The maximum Gasteiger partial charge on any atom is 0.315 e. The first-order valence-electron chi connectivity index (χ1n) is 6.92. The second-order valence-electron chi connectivity index (χ2n) is 5.21. The highest BCUT2D eigenvalue weighted by molar-refractivity contribution is 5.96. The van der Waals surface area contributed by atoms with E-state index in [1.54, 1.807) is 4.90 Å². The van der Waals surface area contributed by atoms with Gasteiger partial charge in [-0.15, -0.1) is 0 Å². The molecule has 0 saturated carbocycles. The van der Waals surface area contributed by atoms with Crippen molar-refractivity contribution in [3.05, 3.63) is 0 Å². The third-order valence-corrected chi connectivity index (χ3v) is 3.85. The van der Waals surface area contributed by atoms with E-state index in [-0.39, 0.29) is 17.9 Å². The average molecular weight is 284 g/mol. The molecule has 1 N–H and O–H groups in total. The van der Waals surface area contributed by atoms with E-state index in [1.807, 2.05) is 0 Å². The lowest BCUT2D eigenvalue weighted by Crippen LogP contribution is -2.54. The first-order chi connectivity index (χ1) is 9.50. The molecule has 20 heavy (non-hydrogen) atoms. The highest BCUT2D eigenvalue weighted by Gasteiger charge is 2.33. The molecule has 2 saturated heterocycles. The molecule has 0 aromatic heterocycles. The van der Waals surface area contributed by atoms with Gasteiger partial charge < -0.3 is 19.6 Å². The summed E-state index contributed by atoms with van der Waals surface area (Å²) in [6.07, 6.45) is 1.33. The van der Waals surface area contributed by atoms with E-state index in [0.29, 0.717) is 32.8 Å². The molecule has 2 atom stereocenters. The van der Waals surface area contributed by atoms with Gasteiger partial charge in [0.2, 0.25) is 5.91 Å². The number of hydrogen-bond acceptors (Lipinski definition) is 4. The summed E-state index contributed by atoms with van der Waals surface area (Å²) in [6.45, 7) is 3.66. The zero-order valence-corrected chi connectivity index (χ0v) is 11.6. The Hall–Kier alpha value is -1.63. The Labute approximate surface area is 117 Å². The van der Waals surface area contributed by atoms with Crippen LogP contribution in [-0.2, 0) is 19.1 Å². The first-order valence-corrected chi connectivity index (χ1v) is 6.92. The maximum atomic E-state index is 12.1. The summed E-state index contributed by atoms with van der Waals surface area (Å²) in [5, 5.41) is 8.84. The summed E-state index contributed by atoms with van der Waals surface area (Å²) in [4.78, 5) is 38.0. The van der Waals surface area contributed by atoms with Gasteiger partial charge in [-0.1, -0.05) is 0 Å². The van der Waals surface area contributed by atoms with Crippen LogP contribution in [-0.4, -0.2) is 71.6 Å². The first kappa shape index (κ1) is 14.8. The quantitative estimate of drug-likeness (QED) is 0.710. The average Bonchev–Trinajstić information content (AvgIpc) is 2.99. The Morgan fingerprint density at radius 3 is 2.25 bits per heavy atom. The number of carbonyl (C=O) groups is 3. The zero-order chi connectivity index (χ0) is 14.7. The maximum absolute atomic E-state index is 12.1. The van der Waals surface area contributed by atoms with E-state index >= 15 is 0 Å². The molecule has 2 heterocycles. The largest absolute Gasteiger partial charge is 0.481 e. The van der Waals surface area contributed by atoms with Crippen molar-refractivity contribution in [2.75, 3.05) is 32.8 Å². The Bertz CT molecular complexity index is 398. The topological polar surface area (TPSA) is 87.2 Å². The third-order valence-electron chi connectivity index (χ3n) is 3.85. The predicted molar refractivity (Wildman–Crippen MR) is 68.9 cm³/mol. The van der Waals surface area contributed by atoms with Crippen molar-refractivity contribution in [1.29, 1.82) is 0 Å². The van der Waals surface area contributed by atoms with Gasteiger partial charge in [0.1, 0.15) is 12.0 Å². The number of carboxylic acids is 1. The molecule has 2 aliphatic rings. The molecule has 2 rings (SSSR count). The molecule has 2 aliphatic heterocycles. The zero-order valence-electron chi connectivity index (χ0n) is 11.6. The van der Waals surface area contributed by atoms with Gasteiger partial charge in [0, 0.05) is 32.8 Å². The van der Waals surface area contributed by atoms with Crippen LogP contribution < -0.4 is 0 Å². The summed E-state index contributed by atoms with van der Waals surface area (Å²) in [7, 11) is 0. The van der Waals surface area contributed by atoms with Gasteiger partial charge in [-0.2, -0.15) is 0 Å². The van der Waals surface area contributed by atoms with Crippen LogP contribution in [0.15, 0.2) is 0 Å². The highest BCUT2D eigenvalue weighted by Crippen LogP contribution is 2.16. The summed E-state index contributed by atoms with van der Waals surface area (Å²) >= 11 is 0.